The van der Waals surface area contributed by atoms with E-state index in [-0.39, 0.29) is 6.73 Å². The average molecular weight is 204 g/mol. The van der Waals surface area contributed by atoms with E-state index in [1.54, 1.807) is 0 Å². The lowest BCUT2D eigenvalue weighted by Crippen LogP contribution is -2.21. The van der Waals surface area contributed by atoms with E-state index in [1.165, 1.54) is 16.5 Å². The number of aromatic nitrogens is 1. The van der Waals surface area contributed by atoms with Gasteiger partial charge in [0.15, 0.2) is 0 Å². The third kappa shape index (κ3) is 2.19. The lowest BCUT2D eigenvalue weighted by atomic mass is 10.1. The Morgan fingerprint density at radius 1 is 1.33 bits per heavy atom. The molecule has 0 amide bonds. The van der Waals surface area contributed by atoms with Crippen LogP contribution in [0.5, 0.6) is 0 Å². The van der Waals surface area contributed by atoms with E-state index >= 15 is 0 Å². The number of hydrogen-bond donors (Lipinski definition) is 2. The van der Waals surface area contributed by atoms with Gasteiger partial charge in [-0.1, -0.05) is 18.2 Å². The first-order chi connectivity index (χ1) is 7.31. The molecule has 0 aliphatic heterocycles. The summed E-state index contributed by atoms with van der Waals surface area (Å²) < 4.78 is 0. The number of aliphatic hydroxyl groups is 1. The molecule has 15 heavy (non-hydrogen) atoms. The smallest absolute Gasteiger partial charge is 0.0954 e. The van der Waals surface area contributed by atoms with Crippen molar-refractivity contribution in [3.05, 3.63) is 36.0 Å². The molecular formula is C12H16N2O. The highest BCUT2D eigenvalue weighted by atomic mass is 16.3. The van der Waals surface area contributed by atoms with Crippen LogP contribution in [0, 0.1) is 0 Å². The minimum atomic E-state index is 0.113. The highest BCUT2D eigenvalue weighted by molar-refractivity contribution is 5.83. The van der Waals surface area contributed by atoms with E-state index in [1.807, 2.05) is 18.0 Å². The molecule has 80 valence electrons. The predicted octanol–water partition coefficient (Wildman–Crippen LogP) is 1.59. The molecule has 2 rings (SSSR count). The van der Waals surface area contributed by atoms with Crippen LogP contribution < -0.4 is 0 Å². The second kappa shape index (κ2) is 4.47. The van der Waals surface area contributed by atoms with Crippen LogP contribution in [-0.4, -0.2) is 35.3 Å². The number of rotatable bonds is 4. The minimum absolute atomic E-state index is 0.113. The van der Waals surface area contributed by atoms with Crippen molar-refractivity contribution in [3.63, 3.8) is 0 Å². The largest absolute Gasteiger partial charge is 0.381 e. The fraction of sp³-hybridized carbons (Fsp3) is 0.333. The van der Waals surface area contributed by atoms with E-state index in [9.17, 15) is 0 Å². The Morgan fingerprint density at radius 3 is 2.93 bits per heavy atom. The Morgan fingerprint density at radius 2 is 2.13 bits per heavy atom. The summed E-state index contributed by atoms with van der Waals surface area (Å²) >= 11 is 0. The summed E-state index contributed by atoms with van der Waals surface area (Å²) in [6.07, 6.45) is 3.01. The minimum Gasteiger partial charge on any atom is -0.381 e. The summed E-state index contributed by atoms with van der Waals surface area (Å²) in [6, 6.07) is 8.28. The molecule has 0 saturated heterocycles. The molecule has 3 nitrogen and oxygen atoms in total. The molecule has 0 radical (unpaired) electrons. The summed E-state index contributed by atoms with van der Waals surface area (Å²) in [7, 11) is 1.91. The molecule has 3 heteroatoms. The van der Waals surface area contributed by atoms with Gasteiger partial charge in [-0.15, -0.1) is 0 Å². The second-order valence-corrected chi connectivity index (χ2v) is 3.83. The molecule has 2 N–H and O–H groups in total. The van der Waals surface area contributed by atoms with Gasteiger partial charge in [-0.3, -0.25) is 4.90 Å². The van der Waals surface area contributed by atoms with Gasteiger partial charge in [0.2, 0.25) is 0 Å². The van der Waals surface area contributed by atoms with Crippen LogP contribution in [0.1, 0.15) is 5.56 Å². The van der Waals surface area contributed by atoms with Gasteiger partial charge in [0.1, 0.15) is 0 Å². The van der Waals surface area contributed by atoms with Crippen molar-refractivity contribution in [3.8, 4) is 0 Å². The number of hydrogen-bond acceptors (Lipinski definition) is 2. The van der Waals surface area contributed by atoms with Gasteiger partial charge in [-0.2, -0.15) is 0 Å². The van der Waals surface area contributed by atoms with Crippen LogP contribution in [0.15, 0.2) is 30.5 Å². The highest BCUT2D eigenvalue weighted by Gasteiger charge is 2.03. The summed E-state index contributed by atoms with van der Waals surface area (Å²) in [5.41, 5.74) is 2.49. The molecule has 0 aliphatic carbocycles. The van der Waals surface area contributed by atoms with Crippen molar-refractivity contribution < 1.29 is 5.11 Å². The van der Waals surface area contributed by atoms with Crippen molar-refractivity contribution in [2.45, 2.75) is 6.42 Å². The van der Waals surface area contributed by atoms with Gasteiger partial charge in [-0.25, -0.2) is 0 Å². The summed E-state index contributed by atoms with van der Waals surface area (Å²) in [6.45, 7) is 0.987. The van der Waals surface area contributed by atoms with Crippen molar-refractivity contribution in [1.82, 2.24) is 9.88 Å². The SMILES string of the molecule is CN(CO)CCc1c[nH]c2ccccc12. The maximum atomic E-state index is 8.89. The van der Waals surface area contributed by atoms with E-state index in [4.69, 9.17) is 5.11 Å². The van der Waals surface area contributed by atoms with Gasteiger partial charge in [0.05, 0.1) is 6.73 Å². The molecule has 2 aromatic rings. The fourth-order valence-electron chi connectivity index (χ4n) is 1.72. The number of benzene rings is 1. The van der Waals surface area contributed by atoms with Crippen LogP contribution in [0.2, 0.25) is 0 Å². The lowest BCUT2D eigenvalue weighted by Gasteiger charge is -2.11. The van der Waals surface area contributed by atoms with Crippen molar-refractivity contribution in [1.29, 1.82) is 0 Å². The summed E-state index contributed by atoms with van der Waals surface area (Å²) in [4.78, 5) is 5.14. The first-order valence-corrected chi connectivity index (χ1v) is 5.15. The molecule has 0 aliphatic rings. The molecule has 0 atom stereocenters. The van der Waals surface area contributed by atoms with Crippen molar-refractivity contribution >= 4 is 10.9 Å². The standard InChI is InChI=1S/C12H16N2O/c1-14(9-15)7-6-10-8-13-12-5-3-2-4-11(10)12/h2-5,8,13,15H,6-7,9H2,1H3. The number of H-pyrrole nitrogens is 1. The molecule has 0 bridgehead atoms. The zero-order chi connectivity index (χ0) is 10.7. The Hall–Kier alpha value is -1.32. The van der Waals surface area contributed by atoms with Crippen molar-refractivity contribution in [2.24, 2.45) is 0 Å². The van der Waals surface area contributed by atoms with Crippen molar-refractivity contribution in [2.75, 3.05) is 20.3 Å². The molecule has 1 aromatic heterocycles. The maximum Gasteiger partial charge on any atom is 0.0954 e. The van der Waals surface area contributed by atoms with Crippen LogP contribution in [-0.2, 0) is 6.42 Å². The van der Waals surface area contributed by atoms with Gasteiger partial charge in [-0.05, 0) is 25.1 Å². The predicted molar refractivity (Wildman–Crippen MR) is 61.7 cm³/mol. The van der Waals surface area contributed by atoms with Gasteiger partial charge in [0.25, 0.3) is 0 Å². The lowest BCUT2D eigenvalue weighted by molar-refractivity contribution is 0.134. The zero-order valence-corrected chi connectivity index (χ0v) is 8.90. The molecule has 1 aromatic carbocycles. The Balaban J connectivity index is 2.14. The molecule has 0 spiro atoms. The third-order valence-electron chi connectivity index (χ3n) is 2.68. The maximum absolute atomic E-state index is 8.89. The van der Waals surface area contributed by atoms with Gasteiger partial charge >= 0.3 is 0 Å². The fourth-order valence-corrected chi connectivity index (χ4v) is 1.72. The topological polar surface area (TPSA) is 39.3 Å². The third-order valence-corrected chi connectivity index (χ3v) is 2.68. The van der Waals surface area contributed by atoms with E-state index in [0.29, 0.717) is 0 Å². The number of likely N-dealkylation sites (N-methyl/N-ethyl adjacent to an activating group) is 1. The van der Waals surface area contributed by atoms with E-state index in [2.05, 4.69) is 29.4 Å². The van der Waals surface area contributed by atoms with Gasteiger partial charge in [0, 0.05) is 23.6 Å². The Kier molecular flexibility index (Phi) is 3.04. The number of nitrogens with one attached hydrogen (secondary N) is 1. The van der Waals surface area contributed by atoms with E-state index in [0.717, 1.165) is 13.0 Å². The van der Waals surface area contributed by atoms with Crippen LogP contribution in [0.4, 0.5) is 0 Å². The number of aromatic amines is 1. The number of aliphatic hydroxyl groups excluding tert-OH is 1. The average Bonchev–Trinajstić information content (AvgIpc) is 2.69. The molecule has 0 saturated carbocycles. The number of fused-ring (bicyclic) bond motifs is 1. The van der Waals surface area contributed by atoms with Crippen LogP contribution in [0.25, 0.3) is 10.9 Å². The quantitative estimate of drug-likeness (QED) is 0.742. The van der Waals surface area contributed by atoms with Crippen LogP contribution >= 0.6 is 0 Å². The number of para-hydroxylation sites is 1. The zero-order valence-electron chi connectivity index (χ0n) is 8.90. The van der Waals surface area contributed by atoms with E-state index < -0.39 is 0 Å². The Bertz CT molecular complexity index is 436. The first-order valence-electron chi connectivity index (χ1n) is 5.15. The Labute approximate surface area is 89.3 Å². The molecule has 0 fully saturated rings. The highest BCUT2D eigenvalue weighted by Crippen LogP contribution is 2.17. The normalized spacial score (nSPS) is 11.4. The summed E-state index contributed by atoms with van der Waals surface area (Å²) in [5.74, 6) is 0. The molecular weight excluding hydrogens is 188 g/mol. The summed E-state index contributed by atoms with van der Waals surface area (Å²) in [5, 5.41) is 10.2. The second-order valence-electron chi connectivity index (χ2n) is 3.83. The van der Waals surface area contributed by atoms with Gasteiger partial charge < -0.3 is 10.1 Å². The molecule has 0 unspecified atom stereocenters. The monoisotopic (exact) mass is 204 g/mol. The number of nitrogens with zero attached hydrogens (tertiary/aromatic N) is 1. The van der Waals surface area contributed by atoms with Crippen LogP contribution in [0.3, 0.4) is 0 Å². The first kappa shape index (κ1) is 10.2. The molecule has 1 heterocycles.